The number of nitrogens with zero attached hydrogens (tertiary/aromatic N) is 2. The van der Waals surface area contributed by atoms with Crippen LogP contribution in [0, 0.1) is 11.3 Å². The Hall–Kier alpha value is -0.710. The van der Waals surface area contributed by atoms with Gasteiger partial charge in [-0.05, 0) is 19.3 Å². The average Bonchev–Trinajstić information content (AvgIpc) is 2.93. The van der Waals surface area contributed by atoms with Crippen LogP contribution in [-0.2, 0) is 9.59 Å². The van der Waals surface area contributed by atoms with E-state index in [2.05, 4.69) is 11.8 Å². The molecule has 2 aliphatic heterocycles. The Morgan fingerprint density at radius 2 is 1.77 bits per heavy atom. The molecule has 0 saturated carbocycles. The number of amides is 2. The third-order valence-corrected chi connectivity index (χ3v) is 5.87. The van der Waals surface area contributed by atoms with Crippen LogP contribution in [0.15, 0.2) is 0 Å². The lowest BCUT2D eigenvalue weighted by Gasteiger charge is -2.37. The maximum Gasteiger partial charge on any atom is 0.227 e. The molecule has 0 aromatic rings. The van der Waals surface area contributed by atoms with Crippen molar-refractivity contribution in [3.63, 3.8) is 0 Å². The first kappa shape index (κ1) is 17.6. The second-order valence-corrected chi connectivity index (χ2v) is 8.75. The van der Waals surface area contributed by atoms with E-state index in [4.69, 9.17) is 0 Å². The number of carbonyl (C=O) groups excluding carboxylic acids is 2. The highest BCUT2D eigenvalue weighted by molar-refractivity contribution is 8.00. The summed E-state index contributed by atoms with van der Waals surface area (Å²) in [7, 11) is 0. The summed E-state index contributed by atoms with van der Waals surface area (Å²) in [5, 5.41) is 0.381. The van der Waals surface area contributed by atoms with Crippen LogP contribution in [0.5, 0.6) is 0 Å². The molecule has 2 heterocycles. The third-order valence-electron chi connectivity index (χ3n) is 4.58. The maximum absolute atomic E-state index is 12.8. The molecule has 4 nitrogen and oxygen atoms in total. The van der Waals surface area contributed by atoms with Crippen molar-refractivity contribution in [2.75, 3.05) is 25.4 Å². The van der Waals surface area contributed by atoms with Gasteiger partial charge in [-0.1, -0.05) is 34.1 Å². The second kappa shape index (κ2) is 7.24. The summed E-state index contributed by atoms with van der Waals surface area (Å²) in [4.78, 5) is 29.1. The maximum atomic E-state index is 12.8. The molecule has 0 aromatic carbocycles. The predicted octanol–water partition coefficient (Wildman–Crippen LogP) is 2.97. The lowest BCUT2D eigenvalue weighted by atomic mass is 9.90. The highest BCUT2D eigenvalue weighted by Gasteiger charge is 2.36. The largest absolute Gasteiger partial charge is 0.342 e. The van der Waals surface area contributed by atoms with Crippen molar-refractivity contribution in [3.8, 4) is 0 Å². The first-order valence-corrected chi connectivity index (χ1v) is 9.61. The molecule has 0 N–H and O–H groups in total. The molecule has 2 rings (SSSR count). The molecule has 2 aliphatic rings. The van der Waals surface area contributed by atoms with Crippen LogP contribution in [-0.4, -0.2) is 52.4 Å². The van der Waals surface area contributed by atoms with Crippen molar-refractivity contribution in [3.05, 3.63) is 0 Å². The minimum absolute atomic E-state index is 0.113. The smallest absolute Gasteiger partial charge is 0.227 e. The van der Waals surface area contributed by atoms with E-state index in [1.54, 1.807) is 0 Å². The zero-order valence-corrected chi connectivity index (χ0v) is 15.2. The Morgan fingerprint density at radius 1 is 1.14 bits per heavy atom. The molecular weight excluding hydrogens is 296 g/mol. The molecule has 0 aliphatic carbocycles. The highest BCUT2D eigenvalue weighted by atomic mass is 32.2. The Balaban J connectivity index is 1.88. The molecule has 0 bridgehead atoms. The van der Waals surface area contributed by atoms with E-state index in [1.165, 1.54) is 0 Å². The summed E-state index contributed by atoms with van der Waals surface area (Å²) in [6, 6.07) is 0. The number of piperidine rings is 1. The van der Waals surface area contributed by atoms with Gasteiger partial charge in [0.25, 0.3) is 0 Å². The van der Waals surface area contributed by atoms with Gasteiger partial charge in [0, 0.05) is 36.7 Å². The number of thioether (sulfide) groups is 1. The van der Waals surface area contributed by atoms with E-state index in [0.717, 1.165) is 51.1 Å². The van der Waals surface area contributed by atoms with E-state index in [1.807, 2.05) is 37.4 Å². The van der Waals surface area contributed by atoms with Crippen molar-refractivity contribution in [2.24, 2.45) is 11.3 Å². The molecular formula is C17H30N2O2S. The quantitative estimate of drug-likeness (QED) is 0.800. The van der Waals surface area contributed by atoms with Gasteiger partial charge in [0.1, 0.15) is 0 Å². The van der Waals surface area contributed by atoms with Crippen LogP contribution in [0.2, 0.25) is 0 Å². The fourth-order valence-electron chi connectivity index (χ4n) is 3.30. The summed E-state index contributed by atoms with van der Waals surface area (Å²) >= 11 is 1.92. The molecule has 22 heavy (non-hydrogen) atoms. The molecule has 126 valence electrons. The van der Waals surface area contributed by atoms with Gasteiger partial charge in [0.05, 0.1) is 5.37 Å². The predicted molar refractivity (Wildman–Crippen MR) is 91.6 cm³/mol. The van der Waals surface area contributed by atoms with Gasteiger partial charge in [-0.2, -0.15) is 0 Å². The van der Waals surface area contributed by atoms with E-state index in [0.29, 0.717) is 11.3 Å². The number of hydrogen-bond acceptors (Lipinski definition) is 3. The van der Waals surface area contributed by atoms with E-state index < -0.39 is 0 Å². The van der Waals surface area contributed by atoms with Crippen molar-refractivity contribution in [1.82, 2.24) is 9.80 Å². The molecule has 2 saturated heterocycles. The van der Waals surface area contributed by atoms with Gasteiger partial charge in [0.2, 0.25) is 11.8 Å². The Morgan fingerprint density at radius 3 is 2.32 bits per heavy atom. The normalized spacial score (nSPS) is 23.9. The Labute approximate surface area is 139 Å². The number of likely N-dealkylation sites (tertiary alicyclic amines) is 1. The van der Waals surface area contributed by atoms with Crippen molar-refractivity contribution in [2.45, 2.75) is 58.8 Å². The van der Waals surface area contributed by atoms with Crippen LogP contribution >= 0.6 is 11.8 Å². The van der Waals surface area contributed by atoms with Gasteiger partial charge in [-0.15, -0.1) is 11.8 Å². The second-order valence-electron chi connectivity index (χ2n) is 7.46. The lowest BCUT2D eigenvalue weighted by Crippen LogP contribution is -2.48. The molecule has 0 unspecified atom stereocenters. The van der Waals surface area contributed by atoms with E-state index >= 15 is 0 Å². The minimum Gasteiger partial charge on any atom is -0.342 e. The SMILES string of the molecule is CCC[C@@H]1SCCN1C(=O)C1CCN(C(=O)C(C)(C)C)CC1. The monoisotopic (exact) mass is 326 g/mol. The summed E-state index contributed by atoms with van der Waals surface area (Å²) in [6.07, 6.45) is 3.86. The summed E-state index contributed by atoms with van der Waals surface area (Å²) in [5.41, 5.74) is -0.325. The first-order chi connectivity index (χ1) is 10.3. The van der Waals surface area contributed by atoms with E-state index in [-0.39, 0.29) is 17.2 Å². The average molecular weight is 327 g/mol. The third kappa shape index (κ3) is 3.98. The van der Waals surface area contributed by atoms with Crippen LogP contribution in [0.4, 0.5) is 0 Å². The molecule has 1 atom stereocenters. The van der Waals surface area contributed by atoms with Crippen LogP contribution < -0.4 is 0 Å². The standard InChI is InChI=1S/C17H30N2O2S/c1-5-6-14-19(11-12-22-14)15(20)13-7-9-18(10-8-13)16(21)17(2,3)4/h13-14H,5-12H2,1-4H3/t14-/m0/s1. The summed E-state index contributed by atoms with van der Waals surface area (Å²) < 4.78 is 0. The molecule has 0 spiro atoms. The minimum atomic E-state index is -0.325. The topological polar surface area (TPSA) is 40.6 Å². The first-order valence-electron chi connectivity index (χ1n) is 8.56. The van der Waals surface area contributed by atoms with Crippen molar-refractivity contribution in [1.29, 1.82) is 0 Å². The Bertz CT molecular complexity index is 411. The lowest BCUT2D eigenvalue weighted by molar-refractivity contribution is -0.145. The summed E-state index contributed by atoms with van der Waals surface area (Å²) in [6.45, 7) is 10.4. The van der Waals surface area contributed by atoms with Crippen molar-refractivity contribution < 1.29 is 9.59 Å². The number of carbonyl (C=O) groups is 2. The summed E-state index contributed by atoms with van der Waals surface area (Å²) in [5.74, 6) is 1.71. The van der Waals surface area contributed by atoms with Crippen LogP contribution in [0.1, 0.15) is 53.4 Å². The van der Waals surface area contributed by atoms with Gasteiger partial charge in [-0.25, -0.2) is 0 Å². The number of hydrogen-bond donors (Lipinski definition) is 0. The zero-order valence-electron chi connectivity index (χ0n) is 14.4. The van der Waals surface area contributed by atoms with Gasteiger partial charge < -0.3 is 9.80 Å². The van der Waals surface area contributed by atoms with Gasteiger partial charge in [-0.3, -0.25) is 9.59 Å². The fraction of sp³-hybridized carbons (Fsp3) is 0.882. The molecule has 2 amide bonds. The highest BCUT2D eigenvalue weighted by Crippen LogP contribution is 2.31. The molecule has 0 radical (unpaired) electrons. The molecule has 5 heteroatoms. The molecule has 2 fully saturated rings. The fourth-order valence-corrected chi connectivity index (χ4v) is 4.66. The van der Waals surface area contributed by atoms with Gasteiger partial charge in [0.15, 0.2) is 0 Å². The van der Waals surface area contributed by atoms with E-state index in [9.17, 15) is 9.59 Å². The Kier molecular flexibility index (Phi) is 5.81. The van der Waals surface area contributed by atoms with Crippen LogP contribution in [0.3, 0.4) is 0 Å². The zero-order chi connectivity index (χ0) is 16.3. The van der Waals surface area contributed by atoms with Gasteiger partial charge >= 0.3 is 0 Å². The number of rotatable bonds is 3. The van der Waals surface area contributed by atoms with Crippen LogP contribution in [0.25, 0.3) is 0 Å². The molecule has 0 aromatic heterocycles. The van der Waals surface area contributed by atoms with Crippen molar-refractivity contribution >= 4 is 23.6 Å².